The summed E-state index contributed by atoms with van der Waals surface area (Å²) in [5, 5.41) is 31.2. The third-order valence-electron chi connectivity index (χ3n) is 3.31. The predicted molar refractivity (Wildman–Crippen MR) is 81.9 cm³/mol. The molecule has 11 heteroatoms. The summed E-state index contributed by atoms with van der Waals surface area (Å²) >= 11 is 0. The summed E-state index contributed by atoms with van der Waals surface area (Å²) < 4.78 is 47.4. The smallest absolute Gasteiger partial charge is 0.276 e. The van der Waals surface area contributed by atoms with Gasteiger partial charge in [0.05, 0.1) is 22.0 Å². The molecular weight excluding hydrogens is 350 g/mol. The molecule has 9 nitrogen and oxygen atoms in total. The fraction of sp³-hybridized carbons (Fsp3) is 0.500. The van der Waals surface area contributed by atoms with Crippen molar-refractivity contribution >= 4 is 25.4 Å². The Morgan fingerprint density at radius 2 is 1.52 bits per heavy atom. The van der Waals surface area contributed by atoms with Gasteiger partial charge in [0, 0.05) is 11.6 Å². The third-order valence-corrected chi connectivity index (χ3v) is 6.77. The van der Waals surface area contributed by atoms with Crippen molar-refractivity contribution in [3.8, 4) is 0 Å². The average Bonchev–Trinajstić information content (AvgIpc) is 2.52. The predicted octanol–water partition coefficient (Wildman–Crippen LogP) is 0.446. The standard InChI is InChI=1S/C12H17NO8S2/c1-3-22(18,19)11(14)8-6-5-7-9(13(16)17)10(8)12(15)23(20,21)4-2/h5-7,11-12,14-15H,3-4H2,1-2H3. The molecule has 0 radical (unpaired) electrons. The molecule has 2 N–H and O–H groups in total. The Bertz CT molecular complexity index is 800. The van der Waals surface area contributed by atoms with Crippen LogP contribution in [0.4, 0.5) is 5.69 Å². The molecule has 0 spiro atoms. The maximum atomic E-state index is 11.9. The lowest BCUT2D eigenvalue weighted by atomic mass is 10.1. The zero-order valence-corrected chi connectivity index (χ0v) is 14.0. The lowest BCUT2D eigenvalue weighted by molar-refractivity contribution is -0.386. The molecule has 1 aromatic rings. The summed E-state index contributed by atoms with van der Waals surface area (Å²) in [6.07, 6.45) is 0. The topological polar surface area (TPSA) is 152 Å². The van der Waals surface area contributed by atoms with E-state index in [1.165, 1.54) is 13.8 Å². The van der Waals surface area contributed by atoms with Gasteiger partial charge in [-0.15, -0.1) is 0 Å². The quantitative estimate of drug-likeness (QED) is 0.520. The van der Waals surface area contributed by atoms with Gasteiger partial charge in [-0.1, -0.05) is 26.0 Å². The monoisotopic (exact) mass is 367 g/mol. The Balaban J connectivity index is 3.74. The van der Waals surface area contributed by atoms with Crippen molar-refractivity contribution in [2.24, 2.45) is 0 Å². The van der Waals surface area contributed by atoms with Gasteiger partial charge in [0.15, 0.2) is 30.5 Å². The molecule has 0 aliphatic heterocycles. The Morgan fingerprint density at radius 1 is 1.04 bits per heavy atom. The first-order chi connectivity index (χ1) is 10.5. The zero-order valence-electron chi connectivity index (χ0n) is 12.4. The number of rotatable bonds is 7. The number of aliphatic hydroxyl groups excluding tert-OH is 2. The second kappa shape index (κ2) is 6.91. The van der Waals surface area contributed by atoms with E-state index in [1.807, 2.05) is 0 Å². The number of nitro groups is 1. The Morgan fingerprint density at radius 3 is 1.96 bits per heavy atom. The molecule has 1 aromatic carbocycles. The second-order valence-corrected chi connectivity index (χ2v) is 9.34. The maximum Gasteiger partial charge on any atom is 0.276 e. The molecule has 0 heterocycles. The molecule has 0 fully saturated rings. The van der Waals surface area contributed by atoms with Crippen molar-refractivity contribution in [2.45, 2.75) is 24.7 Å². The van der Waals surface area contributed by atoms with Crippen LogP contribution in [-0.4, -0.2) is 43.5 Å². The number of nitro benzene ring substituents is 1. The van der Waals surface area contributed by atoms with Crippen LogP contribution in [0.2, 0.25) is 0 Å². The van der Waals surface area contributed by atoms with E-state index < -0.39 is 63.8 Å². The molecule has 0 saturated heterocycles. The normalized spacial score (nSPS) is 15.1. The number of hydrogen-bond donors (Lipinski definition) is 2. The van der Waals surface area contributed by atoms with Gasteiger partial charge in [-0.2, -0.15) is 0 Å². The molecule has 0 amide bonds. The summed E-state index contributed by atoms with van der Waals surface area (Å²) in [7, 11) is -8.25. The third kappa shape index (κ3) is 3.86. The zero-order chi connectivity index (χ0) is 18.0. The molecular formula is C12H17NO8S2. The summed E-state index contributed by atoms with van der Waals surface area (Å²) in [5.74, 6) is -0.983. The summed E-state index contributed by atoms with van der Waals surface area (Å²) in [6.45, 7) is 2.49. The lowest BCUT2D eigenvalue weighted by Gasteiger charge is -2.19. The Labute approximate surface area is 133 Å². The molecule has 0 aliphatic carbocycles. The van der Waals surface area contributed by atoms with Gasteiger partial charge in [0.1, 0.15) is 0 Å². The van der Waals surface area contributed by atoms with Gasteiger partial charge in [-0.25, -0.2) is 16.8 Å². The van der Waals surface area contributed by atoms with Crippen molar-refractivity contribution in [1.29, 1.82) is 0 Å². The van der Waals surface area contributed by atoms with Crippen LogP contribution in [0, 0.1) is 10.1 Å². The number of nitrogens with zero attached hydrogens (tertiary/aromatic N) is 1. The number of aliphatic hydroxyl groups is 2. The summed E-state index contributed by atoms with van der Waals surface area (Å²) in [4.78, 5) is 10.2. The van der Waals surface area contributed by atoms with Crippen LogP contribution in [-0.2, 0) is 19.7 Å². The first-order valence-electron chi connectivity index (χ1n) is 6.56. The van der Waals surface area contributed by atoms with Gasteiger partial charge in [0.25, 0.3) is 5.69 Å². The van der Waals surface area contributed by atoms with Gasteiger partial charge >= 0.3 is 0 Å². The van der Waals surface area contributed by atoms with Crippen LogP contribution in [0.3, 0.4) is 0 Å². The minimum atomic E-state index is -4.17. The van der Waals surface area contributed by atoms with Crippen LogP contribution in [0.25, 0.3) is 0 Å². The van der Waals surface area contributed by atoms with Crippen molar-refractivity contribution in [3.63, 3.8) is 0 Å². The highest BCUT2D eigenvalue weighted by molar-refractivity contribution is 7.91. The molecule has 0 aliphatic rings. The van der Waals surface area contributed by atoms with Crippen LogP contribution in [0.1, 0.15) is 35.8 Å². The number of hydrogen-bond acceptors (Lipinski definition) is 8. The molecule has 2 atom stereocenters. The van der Waals surface area contributed by atoms with Crippen molar-refractivity contribution in [1.82, 2.24) is 0 Å². The first kappa shape index (κ1) is 19.5. The molecule has 2 unspecified atom stereocenters. The Kier molecular flexibility index (Phi) is 5.85. The van der Waals surface area contributed by atoms with Crippen molar-refractivity contribution in [2.75, 3.05) is 11.5 Å². The van der Waals surface area contributed by atoms with Crippen molar-refractivity contribution in [3.05, 3.63) is 39.4 Å². The fourth-order valence-corrected chi connectivity index (χ4v) is 3.74. The highest BCUT2D eigenvalue weighted by atomic mass is 32.2. The molecule has 1 rings (SSSR count). The average molecular weight is 367 g/mol. The first-order valence-corrected chi connectivity index (χ1v) is 9.99. The maximum absolute atomic E-state index is 11.9. The van der Waals surface area contributed by atoms with Crippen LogP contribution < -0.4 is 0 Å². The molecule has 130 valence electrons. The number of sulfone groups is 2. The van der Waals surface area contributed by atoms with Gasteiger partial charge in [-0.05, 0) is 0 Å². The minimum absolute atomic E-state index is 0.465. The fourth-order valence-electron chi connectivity index (χ4n) is 1.90. The van der Waals surface area contributed by atoms with E-state index >= 15 is 0 Å². The van der Waals surface area contributed by atoms with E-state index in [9.17, 15) is 37.2 Å². The summed E-state index contributed by atoms with van der Waals surface area (Å²) in [6, 6.07) is 3.07. The molecule has 0 aromatic heterocycles. The van der Waals surface area contributed by atoms with Crippen LogP contribution in [0.15, 0.2) is 18.2 Å². The molecule has 23 heavy (non-hydrogen) atoms. The van der Waals surface area contributed by atoms with Gasteiger partial charge in [-0.3, -0.25) is 10.1 Å². The van der Waals surface area contributed by atoms with Crippen molar-refractivity contribution < 1.29 is 32.0 Å². The Hall–Kier alpha value is -1.56. The molecule has 0 saturated carbocycles. The van der Waals surface area contributed by atoms with E-state index in [-0.39, 0.29) is 0 Å². The van der Waals surface area contributed by atoms with Gasteiger partial charge < -0.3 is 10.2 Å². The second-order valence-electron chi connectivity index (χ2n) is 4.64. The SMILES string of the molecule is CCS(=O)(=O)C(O)c1cccc([N+](=O)[O-])c1C(O)S(=O)(=O)CC. The minimum Gasteiger partial charge on any atom is -0.373 e. The highest BCUT2D eigenvalue weighted by Gasteiger charge is 2.36. The van der Waals surface area contributed by atoms with E-state index in [2.05, 4.69) is 0 Å². The van der Waals surface area contributed by atoms with Crippen LogP contribution >= 0.6 is 0 Å². The molecule has 0 bridgehead atoms. The van der Waals surface area contributed by atoms with Gasteiger partial charge in [0.2, 0.25) is 0 Å². The van der Waals surface area contributed by atoms with E-state index in [0.717, 1.165) is 18.2 Å². The van der Waals surface area contributed by atoms with E-state index in [0.29, 0.717) is 0 Å². The largest absolute Gasteiger partial charge is 0.373 e. The lowest BCUT2D eigenvalue weighted by Crippen LogP contribution is -2.22. The number of benzene rings is 1. The van der Waals surface area contributed by atoms with E-state index in [4.69, 9.17) is 0 Å². The van der Waals surface area contributed by atoms with E-state index in [1.54, 1.807) is 0 Å². The summed E-state index contributed by atoms with van der Waals surface area (Å²) in [5.41, 5.74) is -6.53. The van der Waals surface area contributed by atoms with Crippen LogP contribution in [0.5, 0.6) is 0 Å². The highest BCUT2D eigenvalue weighted by Crippen LogP contribution is 2.36.